The van der Waals surface area contributed by atoms with Gasteiger partial charge < -0.3 is 19.3 Å². The van der Waals surface area contributed by atoms with Crippen molar-refractivity contribution in [3.8, 4) is 11.5 Å². The summed E-state index contributed by atoms with van der Waals surface area (Å²) in [4.78, 5) is 30.7. The van der Waals surface area contributed by atoms with Crippen LogP contribution in [0.15, 0.2) is 48.5 Å². The number of carbonyl (C=O) groups is 2. The first-order valence-corrected chi connectivity index (χ1v) is 11.8. The zero-order valence-electron chi connectivity index (χ0n) is 19.8. The molecule has 1 aliphatic carbocycles. The highest BCUT2D eigenvalue weighted by atomic mass is 16.5. The lowest BCUT2D eigenvalue weighted by atomic mass is 9.87. The highest BCUT2D eigenvalue weighted by Crippen LogP contribution is 2.41. The maximum atomic E-state index is 13.7. The van der Waals surface area contributed by atoms with Gasteiger partial charge in [0.25, 0.3) is 0 Å². The summed E-state index contributed by atoms with van der Waals surface area (Å²) in [6.07, 6.45) is 4.13. The number of likely N-dealkylation sites (tertiary alicyclic amines) is 1. The molecule has 6 heteroatoms. The van der Waals surface area contributed by atoms with Gasteiger partial charge in [-0.25, -0.2) is 0 Å². The van der Waals surface area contributed by atoms with E-state index < -0.39 is 0 Å². The molecule has 2 atom stereocenters. The molecule has 1 saturated heterocycles. The maximum absolute atomic E-state index is 13.7. The number of hydrogen-bond acceptors (Lipinski definition) is 4. The molecule has 0 bridgehead atoms. The highest BCUT2D eigenvalue weighted by molar-refractivity contribution is 5.84. The van der Waals surface area contributed by atoms with Crippen LogP contribution in [0.5, 0.6) is 11.5 Å². The summed E-state index contributed by atoms with van der Waals surface area (Å²) in [7, 11) is 5.11. The van der Waals surface area contributed by atoms with Crippen molar-refractivity contribution < 1.29 is 19.1 Å². The Hall–Kier alpha value is -3.02. The van der Waals surface area contributed by atoms with Crippen molar-refractivity contribution in [1.82, 2.24) is 9.80 Å². The van der Waals surface area contributed by atoms with Crippen LogP contribution in [0.2, 0.25) is 0 Å². The fourth-order valence-corrected chi connectivity index (χ4v) is 5.33. The van der Waals surface area contributed by atoms with Crippen molar-refractivity contribution in [2.24, 2.45) is 11.8 Å². The molecule has 176 valence electrons. The molecule has 4 rings (SSSR count). The van der Waals surface area contributed by atoms with Crippen LogP contribution in [0.25, 0.3) is 0 Å². The van der Waals surface area contributed by atoms with Crippen molar-refractivity contribution in [3.05, 3.63) is 59.7 Å². The van der Waals surface area contributed by atoms with Crippen LogP contribution in [0.1, 0.15) is 42.7 Å². The summed E-state index contributed by atoms with van der Waals surface area (Å²) in [5, 5.41) is 0. The quantitative estimate of drug-likeness (QED) is 0.637. The van der Waals surface area contributed by atoms with Gasteiger partial charge in [0.1, 0.15) is 11.5 Å². The number of nitrogens with zero attached hydrogens (tertiary/aromatic N) is 2. The van der Waals surface area contributed by atoms with Crippen molar-refractivity contribution in [2.45, 2.75) is 38.1 Å². The van der Waals surface area contributed by atoms with Gasteiger partial charge in [-0.2, -0.15) is 0 Å². The molecule has 1 saturated carbocycles. The van der Waals surface area contributed by atoms with E-state index in [1.807, 2.05) is 60.5 Å². The first kappa shape index (κ1) is 23.1. The zero-order valence-corrected chi connectivity index (χ0v) is 19.8. The monoisotopic (exact) mass is 450 g/mol. The number of methoxy groups -OCH3 is 2. The topological polar surface area (TPSA) is 59.1 Å². The van der Waals surface area contributed by atoms with Gasteiger partial charge in [-0.3, -0.25) is 9.59 Å². The Kier molecular flexibility index (Phi) is 7.21. The zero-order chi connectivity index (χ0) is 23.4. The summed E-state index contributed by atoms with van der Waals surface area (Å²) in [5.74, 6) is 1.30. The molecule has 0 spiro atoms. The van der Waals surface area contributed by atoms with E-state index in [2.05, 4.69) is 0 Å². The van der Waals surface area contributed by atoms with Crippen LogP contribution in [0.3, 0.4) is 0 Å². The van der Waals surface area contributed by atoms with Crippen molar-refractivity contribution in [1.29, 1.82) is 0 Å². The molecule has 33 heavy (non-hydrogen) atoms. The van der Waals surface area contributed by atoms with Gasteiger partial charge in [-0.05, 0) is 36.6 Å². The van der Waals surface area contributed by atoms with Gasteiger partial charge in [0.15, 0.2) is 0 Å². The minimum atomic E-state index is -0.329. The van der Waals surface area contributed by atoms with Crippen LogP contribution >= 0.6 is 0 Å². The summed E-state index contributed by atoms with van der Waals surface area (Å²) >= 11 is 0. The Bertz CT molecular complexity index is 971. The molecule has 0 aromatic heterocycles. The van der Waals surface area contributed by atoms with Crippen molar-refractivity contribution in [3.63, 3.8) is 0 Å². The van der Waals surface area contributed by atoms with E-state index in [0.717, 1.165) is 48.3 Å². The van der Waals surface area contributed by atoms with Gasteiger partial charge >= 0.3 is 0 Å². The second kappa shape index (κ2) is 10.3. The van der Waals surface area contributed by atoms with Crippen LogP contribution < -0.4 is 9.47 Å². The molecule has 0 unspecified atom stereocenters. The lowest BCUT2D eigenvalue weighted by Crippen LogP contribution is -2.37. The summed E-state index contributed by atoms with van der Waals surface area (Å²) < 4.78 is 11.1. The van der Waals surface area contributed by atoms with Gasteiger partial charge in [-0.1, -0.05) is 43.2 Å². The Morgan fingerprint density at radius 2 is 1.73 bits per heavy atom. The molecule has 6 nitrogen and oxygen atoms in total. The van der Waals surface area contributed by atoms with E-state index in [4.69, 9.17) is 9.47 Å². The number of hydrogen-bond donors (Lipinski definition) is 0. The lowest BCUT2D eigenvalue weighted by molar-refractivity contribution is -0.136. The van der Waals surface area contributed by atoms with E-state index in [9.17, 15) is 9.59 Å². The molecular formula is C27H34N2O4. The van der Waals surface area contributed by atoms with E-state index >= 15 is 0 Å². The first-order valence-electron chi connectivity index (χ1n) is 11.8. The molecular weight excluding hydrogens is 416 g/mol. The molecule has 0 N–H and O–H groups in total. The average Bonchev–Trinajstić information content (AvgIpc) is 3.54. The van der Waals surface area contributed by atoms with E-state index in [0.29, 0.717) is 19.6 Å². The number of amides is 2. The molecule has 2 aromatic carbocycles. The van der Waals surface area contributed by atoms with Crippen molar-refractivity contribution >= 4 is 11.8 Å². The summed E-state index contributed by atoms with van der Waals surface area (Å²) in [5.41, 5.74) is 2.01. The largest absolute Gasteiger partial charge is 0.497 e. The molecule has 2 fully saturated rings. The predicted octanol–water partition coefficient (Wildman–Crippen LogP) is 4.09. The second-order valence-electron chi connectivity index (χ2n) is 9.23. The highest BCUT2D eigenvalue weighted by Gasteiger charge is 2.44. The fourth-order valence-electron chi connectivity index (χ4n) is 5.33. The van der Waals surface area contributed by atoms with E-state index in [-0.39, 0.29) is 29.6 Å². The van der Waals surface area contributed by atoms with Gasteiger partial charge in [0, 0.05) is 44.1 Å². The SMILES string of the molecule is COc1ccc(OC)c([C@H]2CN(C(=O)C3CCCC3)C[C@H]2C(=O)N(C)Cc2ccccc2)c1. The average molecular weight is 451 g/mol. The predicted molar refractivity (Wildman–Crippen MR) is 127 cm³/mol. The Morgan fingerprint density at radius 3 is 2.39 bits per heavy atom. The van der Waals surface area contributed by atoms with E-state index in [1.54, 1.807) is 19.1 Å². The molecule has 2 aromatic rings. The van der Waals surface area contributed by atoms with Gasteiger partial charge in [0.05, 0.1) is 20.1 Å². The Labute approximate surface area is 196 Å². The third-order valence-electron chi connectivity index (χ3n) is 7.13. The Balaban J connectivity index is 1.62. The maximum Gasteiger partial charge on any atom is 0.228 e. The van der Waals surface area contributed by atoms with Crippen LogP contribution in [-0.4, -0.2) is 56.0 Å². The molecule has 0 radical (unpaired) electrons. The smallest absolute Gasteiger partial charge is 0.228 e. The lowest BCUT2D eigenvalue weighted by Gasteiger charge is -2.25. The van der Waals surface area contributed by atoms with Crippen LogP contribution in [0, 0.1) is 11.8 Å². The molecule has 2 aliphatic rings. The minimum Gasteiger partial charge on any atom is -0.497 e. The standard InChI is InChI=1S/C27H34N2O4/c1-28(16-19-9-5-4-6-10-19)27(31)24-18-29(26(30)20-11-7-8-12-20)17-23(24)22-15-21(32-2)13-14-25(22)33-3/h4-6,9-10,13-15,20,23-24H,7-8,11-12,16-18H2,1-3H3/t23-,24-/m1/s1. The minimum absolute atomic E-state index is 0.0513. The van der Waals surface area contributed by atoms with E-state index in [1.165, 1.54) is 0 Å². The number of carbonyl (C=O) groups excluding carboxylic acids is 2. The number of benzene rings is 2. The van der Waals surface area contributed by atoms with Crippen molar-refractivity contribution in [2.75, 3.05) is 34.4 Å². The van der Waals surface area contributed by atoms with Gasteiger partial charge in [0.2, 0.25) is 11.8 Å². The molecule has 2 amide bonds. The summed E-state index contributed by atoms with van der Waals surface area (Å²) in [6, 6.07) is 15.7. The normalized spacial score (nSPS) is 20.6. The third-order valence-corrected chi connectivity index (χ3v) is 7.13. The number of rotatable bonds is 7. The fraction of sp³-hybridized carbons (Fsp3) is 0.481. The summed E-state index contributed by atoms with van der Waals surface area (Å²) in [6.45, 7) is 1.50. The third kappa shape index (κ3) is 5.00. The molecule has 1 aliphatic heterocycles. The van der Waals surface area contributed by atoms with Crippen LogP contribution in [-0.2, 0) is 16.1 Å². The molecule has 1 heterocycles. The first-order chi connectivity index (χ1) is 16.0. The number of ether oxygens (including phenoxy) is 2. The van der Waals surface area contributed by atoms with Crippen LogP contribution in [0.4, 0.5) is 0 Å². The Morgan fingerprint density at radius 1 is 1.00 bits per heavy atom. The second-order valence-corrected chi connectivity index (χ2v) is 9.23. The van der Waals surface area contributed by atoms with Gasteiger partial charge in [-0.15, -0.1) is 0 Å².